The average molecular weight is 400 g/mol. The normalized spacial score (nSPS) is 14.3. The van der Waals surface area contributed by atoms with Gasteiger partial charge in [-0.1, -0.05) is 50.1 Å². The molecule has 2 aromatic carbocycles. The third-order valence-corrected chi connectivity index (χ3v) is 5.41. The Morgan fingerprint density at radius 3 is 2.70 bits per heavy atom. The van der Waals surface area contributed by atoms with E-state index in [1.165, 1.54) is 12.5 Å². The number of carbonyl (C=O) groups is 2. The van der Waals surface area contributed by atoms with Gasteiger partial charge in [-0.3, -0.25) is 9.59 Å². The molecule has 152 valence electrons. The molecule has 2 N–H and O–H groups in total. The van der Waals surface area contributed by atoms with Gasteiger partial charge in [0.1, 0.15) is 5.69 Å². The van der Waals surface area contributed by atoms with E-state index < -0.39 is 0 Å². The minimum atomic E-state index is -0.273. The Morgan fingerprint density at radius 2 is 1.90 bits per heavy atom. The Balaban J connectivity index is 1.62. The lowest BCUT2D eigenvalue weighted by Crippen LogP contribution is -2.36. The second kappa shape index (κ2) is 8.86. The van der Waals surface area contributed by atoms with E-state index in [-0.39, 0.29) is 17.9 Å². The monoisotopic (exact) mass is 400 g/mol. The Labute approximate surface area is 175 Å². The van der Waals surface area contributed by atoms with Crippen molar-refractivity contribution in [2.45, 2.75) is 38.1 Å². The molecule has 6 heteroatoms. The molecular weight excluding hydrogens is 376 g/mol. The van der Waals surface area contributed by atoms with Crippen LogP contribution in [0.15, 0.2) is 61.3 Å². The highest BCUT2D eigenvalue weighted by atomic mass is 16.2. The van der Waals surface area contributed by atoms with Crippen molar-refractivity contribution in [3.8, 4) is 11.4 Å². The van der Waals surface area contributed by atoms with Crippen LogP contribution in [0.3, 0.4) is 0 Å². The summed E-state index contributed by atoms with van der Waals surface area (Å²) in [6.45, 7) is 3.50. The molecule has 1 aliphatic rings. The summed E-state index contributed by atoms with van der Waals surface area (Å²) in [5, 5.41) is 7.77. The molecule has 1 fully saturated rings. The fraction of sp³-hybridized carbons (Fsp3) is 0.250. The molecule has 1 aliphatic carbocycles. The van der Waals surface area contributed by atoms with E-state index in [9.17, 15) is 9.59 Å². The lowest BCUT2D eigenvalue weighted by molar-refractivity contribution is -0.111. The number of nitrogens with one attached hydrogen (secondary N) is 2. The van der Waals surface area contributed by atoms with Crippen molar-refractivity contribution in [3.63, 3.8) is 0 Å². The van der Waals surface area contributed by atoms with E-state index in [1.54, 1.807) is 12.3 Å². The van der Waals surface area contributed by atoms with Gasteiger partial charge < -0.3 is 10.6 Å². The van der Waals surface area contributed by atoms with Crippen LogP contribution >= 0.6 is 0 Å². The lowest BCUT2D eigenvalue weighted by atomic mass is 9.95. The van der Waals surface area contributed by atoms with Crippen molar-refractivity contribution in [2.24, 2.45) is 0 Å². The van der Waals surface area contributed by atoms with Crippen LogP contribution in [0.1, 0.15) is 42.6 Å². The smallest absolute Gasteiger partial charge is 0.270 e. The van der Waals surface area contributed by atoms with Crippen molar-refractivity contribution in [1.29, 1.82) is 0 Å². The van der Waals surface area contributed by atoms with Gasteiger partial charge >= 0.3 is 0 Å². The fourth-order valence-electron chi connectivity index (χ4n) is 3.84. The summed E-state index contributed by atoms with van der Waals surface area (Å²) in [4.78, 5) is 33.3. The average Bonchev–Trinajstić information content (AvgIpc) is 2.79. The van der Waals surface area contributed by atoms with E-state index >= 15 is 0 Å². The van der Waals surface area contributed by atoms with Crippen LogP contribution in [0.2, 0.25) is 0 Å². The molecule has 0 spiro atoms. The fourth-order valence-corrected chi connectivity index (χ4v) is 3.84. The molecule has 3 aromatic rings. The molecule has 4 rings (SSSR count). The summed E-state index contributed by atoms with van der Waals surface area (Å²) >= 11 is 0. The topological polar surface area (TPSA) is 84.0 Å². The van der Waals surface area contributed by atoms with Crippen molar-refractivity contribution in [1.82, 2.24) is 15.3 Å². The van der Waals surface area contributed by atoms with Gasteiger partial charge in [0, 0.05) is 28.9 Å². The zero-order valence-electron chi connectivity index (χ0n) is 16.7. The number of anilines is 1. The Hall–Kier alpha value is -3.54. The number of rotatable bonds is 5. The van der Waals surface area contributed by atoms with Gasteiger partial charge in [-0.05, 0) is 42.5 Å². The molecule has 2 amide bonds. The first kappa shape index (κ1) is 19.8. The van der Waals surface area contributed by atoms with E-state index in [0.29, 0.717) is 17.2 Å². The molecule has 0 bridgehead atoms. The standard InChI is InChI=1S/C24H24N4O2/c1-2-22(29)27-20-10-6-7-16-11-12-17(15-19(16)20)23-25-14-13-21(28-23)24(30)26-18-8-4-3-5-9-18/h2,6-7,10-15,18H,1,3-5,8-9H2,(H,26,30)(H,27,29). The minimum absolute atomic E-state index is 0.162. The molecule has 0 radical (unpaired) electrons. The molecule has 1 aromatic heterocycles. The summed E-state index contributed by atoms with van der Waals surface area (Å²) < 4.78 is 0. The first-order valence-corrected chi connectivity index (χ1v) is 10.2. The molecule has 0 saturated heterocycles. The van der Waals surface area contributed by atoms with E-state index in [2.05, 4.69) is 27.2 Å². The summed E-state index contributed by atoms with van der Waals surface area (Å²) in [6.07, 6.45) is 8.43. The second-order valence-electron chi connectivity index (χ2n) is 7.51. The highest BCUT2D eigenvalue weighted by molar-refractivity contribution is 6.06. The second-order valence-corrected chi connectivity index (χ2v) is 7.51. The Bertz CT molecular complexity index is 1100. The summed E-state index contributed by atoms with van der Waals surface area (Å²) in [5.41, 5.74) is 1.82. The van der Waals surface area contributed by atoms with Crippen LogP contribution in [0.5, 0.6) is 0 Å². The summed E-state index contributed by atoms with van der Waals surface area (Å²) in [5.74, 6) is 0.0360. The maximum Gasteiger partial charge on any atom is 0.270 e. The van der Waals surface area contributed by atoms with Crippen LogP contribution in [0.4, 0.5) is 5.69 Å². The van der Waals surface area contributed by atoms with Crippen molar-refractivity contribution < 1.29 is 9.59 Å². The van der Waals surface area contributed by atoms with Gasteiger partial charge in [-0.2, -0.15) is 0 Å². The number of fused-ring (bicyclic) bond motifs is 1. The molecular formula is C24H24N4O2. The summed E-state index contributed by atoms with van der Waals surface area (Å²) in [6, 6.07) is 13.3. The zero-order valence-corrected chi connectivity index (χ0v) is 16.7. The first-order valence-electron chi connectivity index (χ1n) is 10.2. The number of nitrogens with zero attached hydrogens (tertiary/aromatic N) is 2. The van der Waals surface area contributed by atoms with Gasteiger partial charge in [-0.25, -0.2) is 9.97 Å². The largest absolute Gasteiger partial charge is 0.348 e. The SMILES string of the molecule is C=CC(=O)Nc1cccc2ccc(-c3nccc(C(=O)NC4CCCCC4)n3)cc12. The number of hydrogen-bond donors (Lipinski definition) is 2. The highest BCUT2D eigenvalue weighted by Gasteiger charge is 2.18. The lowest BCUT2D eigenvalue weighted by Gasteiger charge is -2.22. The number of aromatic nitrogens is 2. The molecule has 1 heterocycles. The van der Waals surface area contributed by atoms with Gasteiger partial charge in [0.25, 0.3) is 5.91 Å². The van der Waals surface area contributed by atoms with E-state index in [1.807, 2.05) is 36.4 Å². The zero-order chi connectivity index (χ0) is 20.9. The molecule has 6 nitrogen and oxygen atoms in total. The van der Waals surface area contributed by atoms with Gasteiger partial charge in [0.15, 0.2) is 5.82 Å². The quantitative estimate of drug-likeness (QED) is 0.618. The maximum absolute atomic E-state index is 12.7. The van der Waals surface area contributed by atoms with Gasteiger partial charge in [0.05, 0.1) is 0 Å². The van der Waals surface area contributed by atoms with Crippen molar-refractivity contribution >= 4 is 28.3 Å². The third kappa shape index (κ3) is 4.38. The molecule has 0 aliphatic heterocycles. The van der Waals surface area contributed by atoms with Crippen LogP contribution in [0, 0.1) is 0 Å². The van der Waals surface area contributed by atoms with E-state index in [0.717, 1.165) is 42.0 Å². The van der Waals surface area contributed by atoms with Crippen LogP contribution in [0.25, 0.3) is 22.2 Å². The van der Waals surface area contributed by atoms with Crippen molar-refractivity contribution in [3.05, 3.63) is 67.0 Å². The first-order chi connectivity index (χ1) is 14.6. The Morgan fingerprint density at radius 1 is 1.07 bits per heavy atom. The van der Waals surface area contributed by atoms with Crippen LogP contribution in [-0.2, 0) is 4.79 Å². The number of benzene rings is 2. The maximum atomic E-state index is 12.7. The molecule has 0 atom stereocenters. The Kier molecular flexibility index (Phi) is 5.84. The number of carbonyl (C=O) groups excluding carboxylic acids is 2. The molecule has 0 unspecified atom stereocenters. The van der Waals surface area contributed by atoms with Crippen LogP contribution < -0.4 is 10.6 Å². The summed E-state index contributed by atoms with van der Waals surface area (Å²) in [7, 11) is 0. The predicted molar refractivity (Wildman–Crippen MR) is 118 cm³/mol. The van der Waals surface area contributed by atoms with E-state index in [4.69, 9.17) is 0 Å². The highest BCUT2D eigenvalue weighted by Crippen LogP contribution is 2.28. The van der Waals surface area contributed by atoms with Gasteiger partial charge in [0.2, 0.25) is 5.91 Å². The van der Waals surface area contributed by atoms with Crippen LogP contribution in [-0.4, -0.2) is 27.8 Å². The molecule has 30 heavy (non-hydrogen) atoms. The minimum Gasteiger partial charge on any atom is -0.348 e. The molecule has 1 saturated carbocycles. The predicted octanol–water partition coefficient (Wildman–Crippen LogP) is 4.48. The van der Waals surface area contributed by atoms with Gasteiger partial charge in [-0.15, -0.1) is 0 Å². The third-order valence-electron chi connectivity index (χ3n) is 5.41. The number of amides is 2. The van der Waals surface area contributed by atoms with Crippen molar-refractivity contribution in [2.75, 3.05) is 5.32 Å². The number of hydrogen-bond acceptors (Lipinski definition) is 4.